The lowest BCUT2D eigenvalue weighted by Gasteiger charge is -2.18. The van der Waals surface area contributed by atoms with Gasteiger partial charge in [0.25, 0.3) is 0 Å². The van der Waals surface area contributed by atoms with E-state index in [-0.39, 0.29) is 22.6 Å². The lowest BCUT2D eigenvalue weighted by atomic mass is 9.98. The molecule has 16 heavy (non-hydrogen) atoms. The number of nitrogen functional groups attached to an aromatic ring is 1. The van der Waals surface area contributed by atoms with Crippen LogP contribution in [0, 0.1) is 0 Å². The van der Waals surface area contributed by atoms with Gasteiger partial charge in [0.15, 0.2) is 0 Å². The van der Waals surface area contributed by atoms with Gasteiger partial charge in [0.1, 0.15) is 6.10 Å². The maximum atomic E-state index is 10.9. The summed E-state index contributed by atoms with van der Waals surface area (Å²) in [6.07, 6.45) is -2.41. The second kappa shape index (κ2) is 5.20. The van der Waals surface area contributed by atoms with Crippen molar-refractivity contribution in [2.45, 2.75) is 12.2 Å². The SMILES string of the molecule is Nc1ccc(C(O)C(O)CS)c(C(=O)O)c1. The zero-order valence-electron chi connectivity index (χ0n) is 8.37. The van der Waals surface area contributed by atoms with Gasteiger partial charge in [0.2, 0.25) is 0 Å². The van der Waals surface area contributed by atoms with Gasteiger partial charge in [0, 0.05) is 11.4 Å². The van der Waals surface area contributed by atoms with Crippen LogP contribution in [0.1, 0.15) is 22.0 Å². The van der Waals surface area contributed by atoms with Crippen LogP contribution in [0.4, 0.5) is 5.69 Å². The molecule has 88 valence electrons. The van der Waals surface area contributed by atoms with E-state index in [4.69, 9.17) is 10.8 Å². The number of hydrogen-bond acceptors (Lipinski definition) is 5. The average Bonchev–Trinajstić information content (AvgIpc) is 2.26. The van der Waals surface area contributed by atoms with Gasteiger partial charge in [-0.2, -0.15) is 12.6 Å². The van der Waals surface area contributed by atoms with E-state index >= 15 is 0 Å². The van der Waals surface area contributed by atoms with Gasteiger partial charge in [-0.05, 0) is 17.7 Å². The van der Waals surface area contributed by atoms with Gasteiger partial charge in [-0.25, -0.2) is 4.79 Å². The third-order valence-electron chi connectivity index (χ3n) is 2.18. The summed E-state index contributed by atoms with van der Waals surface area (Å²) in [6.45, 7) is 0. The first kappa shape index (κ1) is 12.8. The molecular formula is C10H13NO4S. The highest BCUT2D eigenvalue weighted by Crippen LogP contribution is 2.24. The van der Waals surface area contributed by atoms with Gasteiger partial charge >= 0.3 is 5.97 Å². The topological polar surface area (TPSA) is 104 Å². The van der Waals surface area contributed by atoms with Crippen LogP contribution >= 0.6 is 12.6 Å². The number of aromatic carboxylic acids is 1. The van der Waals surface area contributed by atoms with E-state index in [2.05, 4.69) is 12.6 Å². The predicted octanol–water partition coefficient (Wildman–Crippen LogP) is 0.291. The maximum Gasteiger partial charge on any atom is 0.336 e. The third kappa shape index (κ3) is 2.66. The van der Waals surface area contributed by atoms with Crippen LogP contribution in [0.25, 0.3) is 0 Å². The summed E-state index contributed by atoms with van der Waals surface area (Å²) in [5, 5.41) is 28.0. The Balaban J connectivity index is 3.17. The van der Waals surface area contributed by atoms with Crippen molar-refractivity contribution in [2.24, 2.45) is 0 Å². The van der Waals surface area contributed by atoms with Gasteiger partial charge in [-0.1, -0.05) is 6.07 Å². The first-order chi connectivity index (χ1) is 7.47. The Bertz CT molecular complexity index is 396. The molecule has 1 aromatic rings. The standard InChI is InChI=1S/C10H13NO4S/c11-5-1-2-6(7(3-5)10(14)15)9(13)8(12)4-16/h1-3,8-9,12-13,16H,4,11H2,(H,14,15). The fraction of sp³-hybridized carbons (Fsp3) is 0.300. The molecule has 0 radical (unpaired) electrons. The molecule has 1 aromatic carbocycles. The third-order valence-corrected chi connectivity index (χ3v) is 2.55. The molecule has 5 nitrogen and oxygen atoms in total. The number of aliphatic hydroxyl groups is 2. The molecule has 0 bridgehead atoms. The van der Waals surface area contributed by atoms with E-state index in [9.17, 15) is 15.0 Å². The van der Waals surface area contributed by atoms with Gasteiger partial charge < -0.3 is 21.1 Å². The minimum Gasteiger partial charge on any atom is -0.478 e. The van der Waals surface area contributed by atoms with Crippen molar-refractivity contribution in [3.05, 3.63) is 29.3 Å². The monoisotopic (exact) mass is 243 g/mol. The summed E-state index contributed by atoms with van der Waals surface area (Å²) in [5.74, 6) is -1.17. The molecule has 5 N–H and O–H groups in total. The van der Waals surface area contributed by atoms with Crippen molar-refractivity contribution < 1.29 is 20.1 Å². The van der Waals surface area contributed by atoms with Gasteiger partial charge in [-0.15, -0.1) is 0 Å². The molecular weight excluding hydrogens is 230 g/mol. The normalized spacial score (nSPS) is 14.4. The van der Waals surface area contributed by atoms with E-state index in [0.717, 1.165) is 0 Å². The molecule has 2 unspecified atom stereocenters. The van der Waals surface area contributed by atoms with Gasteiger partial charge in [-0.3, -0.25) is 0 Å². The maximum absolute atomic E-state index is 10.9. The molecule has 0 aliphatic heterocycles. The highest BCUT2D eigenvalue weighted by Gasteiger charge is 2.22. The Labute approximate surface area is 97.9 Å². The Morgan fingerprint density at radius 2 is 2.06 bits per heavy atom. The number of carboxylic acids is 1. The molecule has 0 aliphatic rings. The Kier molecular flexibility index (Phi) is 4.17. The molecule has 0 fully saturated rings. The molecule has 0 heterocycles. The van der Waals surface area contributed by atoms with Crippen molar-refractivity contribution in [3.8, 4) is 0 Å². The molecule has 0 spiro atoms. The fourth-order valence-electron chi connectivity index (χ4n) is 1.32. The minimum atomic E-state index is -1.29. The number of aliphatic hydroxyl groups excluding tert-OH is 2. The number of carboxylic acid groups (broad SMARTS) is 1. The first-order valence-corrected chi connectivity index (χ1v) is 5.20. The number of thiol groups is 1. The van der Waals surface area contributed by atoms with Crippen molar-refractivity contribution in [3.63, 3.8) is 0 Å². The van der Waals surface area contributed by atoms with E-state index < -0.39 is 18.2 Å². The summed E-state index contributed by atoms with van der Waals surface area (Å²) in [7, 11) is 0. The number of hydrogen-bond donors (Lipinski definition) is 5. The van der Waals surface area contributed by atoms with Crippen molar-refractivity contribution in [1.29, 1.82) is 0 Å². The predicted molar refractivity (Wildman–Crippen MR) is 62.6 cm³/mol. The van der Waals surface area contributed by atoms with Gasteiger partial charge in [0.05, 0.1) is 11.7 Å². The number of nitrogens with two attached hydrogens (primary N) is 1. The molecule has 6 heteroatoms. The van der Waals surface area contributed by atoms with Crippen molar-refractivity contribution in [1.82, 2.24) is 0 Å². The molecule has 1 rings (SSSR count). The number of benzene rings is 1. The molecule has 0 aliphatic carbocycles. The molecule has 0 saturated carbocycles. The molecule has 0 saturated heterocycles. The van der Waals surface area contributed by atoms with E-state index in [1.807, 2.05) is 0 Å². The highest BCUT2D eigenvalue weighted by molar-refractivity contribution is 7.80. The molecule has 2 atom stereocenters. The number of rotatable bonds is 4. The van der Waals surface area contributed by atoms with Crippen LogP contribution < -0.4 is 5.73 Å². The number of carbonyl (C=O) groups is 1. The lowest BCUT2D eigenvalue weighted by molar-refractivity contribution is 0.0323. The summed E-state index contributed by atoms with van der Waals surface area (Å²) < 4.78 is 0. The smallest absolute Gasteiger partial charge is 0.336 e. The van der Waals surface area contributed by atoms with Crippen LogP contribution in [0.3, 0.4) is 0 Å². The van der Waals surface area contributed by atoms with Crippen LogP contribution in [-0.4, -0.2) is 33.1 Å². The quantitative estimate of drug-likeness (QED) is 0.386. The Hall–Kier alpha value is -1.24. The minimum absolute atomic E-state index is 0.0323. The second-order valence-corrected chi connectivity index (χ2v) is 3.71. The van der Waals surface area contributed by atoms with Crippen LogP contribution in [0.15, 0.2) is 18.2 Å². The highest BCUT2D eigenvalue weighted by atomic mass is 32.1. The largest absolute Gasteiger partial charge is 0.478 e. The molecule has 0 aromatic heterocycles. The van der Waals surface area contributed by atoms with Crippen LogP contribution in [0.5, 0.6) is 0 Å². The van der Waals surface area contributed by atoms with Crippen LogP contribution in [0.2, 0.25) is 0 Å². The average molecular weight is 243 g/mol. The van der Waals surface area contributed by atoms with Crippen molar-refractivity contribution in [2.75, 3.05) is 11.5 Å². The fourth-order valence-corrected chi connectivity index (χ4v) is 1.52. The Morgan fingerprint density at radius 1 is 1.44 bits per heavy atom. The summed E-state index contributed by atoms with van der Waals surface area (Å²) in [5.41, 5.74) is 5.75. The van der Waals surface area contributed by atoms with E-state index in [0.29, 0.717) is 0 Å². The summed E-state index contributed by atoms with van der Waals surface area (Å²) in [4.78, 5) is 10.9. The first-order valence-electron chi connectivity index (χ1n) is 4.57. The Morgan fingerprint density at radius 3 is 2.56 bits per heavy atom. The zero-order chi connectivity index (χ0) is 12.3. The lowest BCUT2D eigenvalue weighted by Crippen LogP contribution is -2.22. The zero-order valence-corrected chi connectivity index (χ0v) is 9.26. The van der Waals surface area contributed by atoms with E-state index in [1.54, 1.807) is 0 Å². The van der Waals surface area contributed by atoms with Crippen molar-refractivity contribution >= 4 is 24.3 Å². The summed E-state index contributed by atoms with van der Waals surface area (Å²) in [6, 6.07) is 4.10. The van der Waals surface area contributed by atoms with Crippen LogP contribution in [-0.2, 0) is 0 Å². The van der Waals surface area contributed by atoms with E-state index in [1.165, 1.54) is 18.2 Å². The molecule has 0 amide bonds. The second-order valence-electron chi connectivity index (χ2n) is 3.35. The summed E-state index contributed by atoms with van der Waals surface area (Å²) >= 11 is 3.83. The number of anilines is 1.